The highest BCUT2D eigenvalue weighted by Gasteiger charge is 2.32. The Bertz CT molecular complexity index is 721. The van der Waals surface area contributed by atoms with Gasteiger partial charge in [-0.25, -0.2) is 0 Å². The average molecular weight is 325 g/mol. The highest BCUT2D eigenvalue weighted by Crippen LogP contribution is 2.33. The first kappa shape index (κ1) is 15.7. The number of ketones is 1. The second-order valence-corrected chi connectivity index (χ2v) is 6.72. The summed E-state index contributed by atoms with van der Waals surface area (Å²) in [6.45, 7) is 4.88. The van der Waals surface area contributed by atoms with E-state index in [4.69, 9.17) is 0 Å². The van der Waals surface area contributed by atoms with Gasteiger partial charge in [-0.3, -0.25) is 9.59 Å². The molecule has 3 rings (SSSR count). The van der Waals surface area contributed by atoms with Crippen LogP contribution >= 0.6 is 11.3 Å². The lowest BCUT2D eigenvalue weighted by atomic mass is 9.81. The topological polar surface area (TPSA) is 37.4 Å². The second-order valence-electron chi connectivity index (χ2n) is 5.69. The molecule has 0 fully saturated rings. The van der Waals surface area contributed by atoms with Crippen molar-refractivity contribution < 1.29 is 9.59 Å². The number of hydrogen-bond acceptors (Lipinski definition) is 3. The maximum Gasteiger partial charge on any atom is 0.230 e. The molecule has 2 aromatic rings. The van der Waals surface area contributed by atoms with Crippen LogP contribution < -0.4 is 0 Å². The third kappa shape index (κ3) is 3.27. The summed E-state index contributed by atoms with van der Waals surface area (Å²) in [5.74, 6) is -0.0137. The minimum absolute atomic E-state index is 0.0817. The van der Waals surface area contributed by atoms with Gasteiger partial charge in [-0.05, 0) is 23.4 Å². The number of benzene rings is 1. The molecule has 0 N–H and O–H groups in total. The van der Waals surface area contributed by atoms with Gasteiger partial charge in [-0.1, -0.05) is 36.4 Å². The number of rotatable bonds is 5. The average Bonchev–Trinajstić information content (AvgIpc) is 3.08. The van der Waals surface area contributed by atoms with Crippen molar-refractivity contribution in [2.24, 2.45) is 0 Å². The SMILES string of the molecule is C=CCN(Cc1cccs1)C(=O)C1CCC(=O)c2ccccc21. The zero-order valence-corrected chi connectivity index (χ0v) is 13.7. The Balaban J connectivity index is 1.87. The van der Waals surface area contributed by atoms with Gasteiger partial charge in [0.15, 0.2) is 5.78 Å². The molecule has 118 valence electrons. The van der Waals surface area contributed by atoms with Crippen molar-refractivity contribution >= 4 is 23.0 Å². The van der Waals surface area contributed by atoms with Crippen LogP contribution in [0.2, 0.25) is 0 Å². The zero-order chi connectivity index (χ0) is 16.2. The number of carbonyl (C=O) groups is 2. The first-order valence-corrected chi connectivity index (χ1v) is 8.63. The number of carbonyl (C=O) groups excluding carboxylic acids is 2. The molecular formula is C19H19NO2S. The molecule has 1 heterocycles. The lowest BCUT2D eigenvalue weighted by molar-refractivity contribution is -0.133. The summed E-state index contributed by atoms with van der Waals surface area (Å²) in [6, 6.07) is 11.5. The predicted octanol–water partition coefficient (Wildman–Crippen LogP) is 4.02. The molecule has 1 aliphatic rings. The normalized spacial score (nSPS) is 16.7. The van der Waals surface area contributed by atoms with Crippen LogP contribution in [0.25, 0.3) is 0 Å². The molecular weight excluding hydrogens is 306 g/mol. The Morgan fingerprint density at radius 3 is 2.87 bits per heavy atom. The first-order chi connectivity index (χ1) is 11.2. The van der Waals surface area contributed by atoms with Crippen molar-refractivity contribution in [1.29, 1.82) is 0 Å². The van der Waals surface area contributed by atoms with Gasteiger partial charge in [-0.15, -0.1) is 17.9 Å². The summed E-state index contributed by atoms with van der Waals surface area (Å²) in [6.07, 6.45) is 2.78. The fraction of sp³-hybridized carbons (Fsp3) is 0.263. The van der Waals surface area contributed by atoms with E-state index in [2.05, 4.69) is 6.58 Å². The van der Waals surface area contributed by atoms with Crippen LogP contribution in [0.15, 0.2) is 54.4 Å². The van der Waals surface area contributed by atoms with Crippen molar-refractivity contribution in [1.82, 2.24) is 4.90 Å². The van der Waals surface area contributed by atoms with Gasteiger partial charge in [0.2, 0.25) is 5.91 Å². The number of Topliss-reactive ketones (excluding diaryl/α,β-unsaturated/α-hetero) is 1. The largest absolute Gasteiger partial charge is 0.333 e. The highest BCUT2D eigenvalue weighted by atomic mass is 32.1. The maximum atomic E-state index is 13.1. The number of nitrogens with zero attached hydrogens (tertiary/aromatic N) is 1. The van der Waals surface area contributed by atoms with Crippen LogP contribution in [0.4, 0.5) is 0 Å². The Labute approximate surface area is 140 Å². The summed E-state index contributed by atoms with van der Waals surface area (Å²) in [5.41, 5.74) is 1.57. The Hall–Kier alpha value is -2.20. The van der Waals surface area contributed by atoms with Gasteiger partial charge in [-0.2, -0.15) is 0 Å². The molecule has 0 spiro atoms. The third-order valence-electron chi connectivity index (χ3n) is 4.18. The maximum absolute atomic E-state index is 13.1. The monoisotopic (exact) mass is 325 g/mol. The van der Waals surface area contributed by atoms with Crippen LogP contribution in [0.3, 0.4) is 0 Å². The fourth-order valence-electron chi connectivity index (χ4n) is 3.08. The van der Waals surface area contributed by atoms with E-state index in [1.54, 1.807) is 17.4 Å². The molecule has 1 unspecified atom stereocenters. The van der Waals surface area contributed by atoms with Crippen molar-refractivity contribution in [2.75, 3.05) is 6.54 Å². The third-order valence-corrected chi connectivity index (χ3v) is 5.04. The molecule has 1 atom stereocenters. The van der Waals surface area contributed by atoms with E-state index < -0.39 is 0 Å². The molecule has 1 aromatic heterocycles. The van der Waals surface area contributed by atoms with E-state index in [9.17, 15) is 9.59 Å². The van der Waals surface area contributed by atoms with Crippen molar-refractivity contribution in [3.05, 3.63) is 70.4 Å². The first-order valence-electron chi connectivity index (χ1n) is 7.75. The van der Waals surface area contributed by atoms with E-state index in [1.165, 1.54) is 0 Å². The van der Waals surface area contributed by atoms with Crippen LogP contribution in [0.5, 0.6) is 0 Å². The lowest BCUT2D eigenvalue weighted by Gasteiger charge is -2.29. The van der Waals surface area contributed by atoms with Crippen molar-refractivity contribution in [3.8, 4) is 0 Å². The predicted molar refractivity (Wildman–Crippen MR) is 92.7 cm³/mol. The molecule has 0 saturated heterocycles. The van der Waals surface area contributed by atoms with Gasteiger partial charge in [0.05, 0.1) is 12.5 Å². The van der Waals surface area contributed by atoms with Crippen LogP contribution in [0, 0.1) is 0 Å². The Morgan fingerprint density at radius 1 is 1.30 bits per heavy atom. The number of thiophene rings is 1. The van der Waals surface area contributed by atoms with Crippen LogP contribution in [-0.4, -0.2) is 23.1 Å². The lowest BCUT2D eigenvalue weighted by Crippen LogP contribution is -2.36. The molecule has 0 bridgehead atoms. The smallest absolute Gasteiger partial charge is 0.230 e. The number of hydrogen-bond donors (Lipinski definition) is 0. The van der Waals surface area contributed by atoms with E-state index in [-0.39, 0.29) is 17.6 Å². The van der Waals surface area contributed by atoms with Gasteiger partial charge in [0, 0.05) is 23.4 Å². The van der Waals surface area contributed by atoms with E-state index >= 15 is 0 Å². The molecule has 4 heteroatoms. The van der Waals surface area contributed by atoms with Gasteiger partial charge in [0.1, 0.15) is 0 Å². The van der Waals surface area contributed by atoms with Crippen molar-refractivity contribution in [3.63, 3.8) is 0 Å². The zero-order valence-electron chi connectivity index (χ0n) is 12.9. The summed E-state index contributed by atoms with van der Waals surface area (Å²) < 4.78 is 0. The molecule has 1 aliphatic carbocycles. The Morgan fingerprint density at radius 2 is 2.13 bits per heavy atom. The quantitative estimate of drug-likeness (QED) is 0.779. The minimum atomic E-state index is -0.233. The molecule has 0 radical (unpaired) electrons. The Kier molecular flexibility index (Phi) is 4.72. The van der Waals surface area contributed by atoms with Gasteiger partial charge >= 0.3 is 0 Å². The van der Waals surface area contributed by atoms with Crippen LogP contribution in [-0.2, 0) is 11.3 Å². The molecule has 0 saturated carbocycles. The molecule has 1 amide bonds. The standard InChI is InChI=1S/C19H19NO2S/c1-2-11-20(13-14-6-5-12-23-14)19(22)17-9-10-18(21)16-8-4-3-7-15(16)17/h2-8,12,17H,1,9-11,13H2. The molecule has 0 aliphatic heterocycles. The van der Waals surface area contributed by atoms with Crippen molar-refractivity contribution in [2.45, 2.75) is 25.3 Å². The summed E-state index contributed by atoms with van der Waals surface area (Å²) in [5, 5.41) is 2.01. The molecule has 3 nitrogen and oxygen atoms in total. The summed E-state index contributed by atoms with van der Waals surface area (Å²) in [4.78, 5) is 28.1. The number of fused-ring (bicyclic) bond motifs is 1. The molecule has 23 heavy (non-hydrogen) atoms. The van der Waals surface area contributed by atoms with Crippen LogP contribution in [0.1, 0.15) is 39.6 Å². The molecule has 1 aromatic carbocycles. The van der Waals surface area contributed by atoms with E-state index in [0.717, 1.165) is 10.4 Å². The second kappa shape index (κ2) is 6.92. The van der Waals surface area contributed by atoms with E-state index in [0.29, 0.717) is 31.5 Å². The van der Waals surface area contributed by atoms with Gasteiger partial charge in [0.25, 0.3) is 0 Å². The highest BCUT2D eigenvalue weighted by molar-refractivity contribution is 7.09. The van der Waals surface area contributed by atoms with E-state index in [1.807, 2.05) is 46.7 Å². The number of amides is 1. The fourth-order valence-corrected chi connectivity index (χ4v) is 3.80. The summed E-state index contributed by atoms with van der Waals surface area (Å²) in [7, 11) is 0. The summed E-state index contributed by atoms with van der Waals surface area (Å²) >= 11 is 1.64. The minimum Gasteiger partial charge on any atom is -0.333 e. The van der Waals surface area contributed by atoms with Gasteiger partial charge < -0.3 is 4.90 Å².